The van der Waals surface area contributed by atoms with E-state index in [1.165, 1.54) is 43.2 Å². The maximum Gasteiger partial charge on any atom is 0.243 e. The van der Waals surface area contributed by atoms with E-state index >= 15 is 0 Å². The molecule has 46 heavy (non-hydrogen) atoms. The molecule has 5 rings (SSSR count). The molecule has 1 aliphatic rings. The molecule has 0 spiro atoms. The van der Waals surface area contributed by atoms with Crippen molar-refractivity contribution in [2.24, 2.45) is 5.92 Å². The van der Waals surface area contributed by atoms with Gasteiger partial charge in [-0.15, -0.1) is 0 Å². The Morgan fingerprint density at radius 3 is 1.98 bits per heavy atom. The second kappa shape index (κ2) is 13.8. The summed E-state index contributed by atoms with van der Waals surface area (Å²) in [5, 5.41) is 0. The van der Waals surface area contributed by atoms with Crippen molar-refractivity contribution in [3.63, 3.8) is 0 Å². The summed E-state index contributed by atoms with van der Waals surface area (Å²) in [5.41, 5.74) is 7.35. The van der Waals surface area contributed by atoms with Gasteiger partial charge in [0.05, 0.1) is 6.61 Å². The van der Waals surface area contributed by atoms with Gasteiger partial charge in [0.15, 0.2) is 29.0 Å². The Kier molecular flexibility index (Phi) is 9.99. The molecule has 4 aromatic carbocycles. The lowest BCUT2D eigenvalue weighted by atomic mass is 9.78. The van der Waals surface area contributed by atoms with Gasteiger partial charge in [0.25, 0.3) is 0 Å². The highest BCUT2D eigenvalue weighted by Gasteiger charge is 2.25. The zero-order chi connectivity index (χ0) is 33.2. The summed E-state index contributed by atoms with van der Waals surface area (Å²) in [7, 11) is 0. The topological polar surface area (TPSA) is 27.7 Å². The predicted molar refractivity (Wildman–Crippen MR) is 174 cm³/mol. The number of alkyl halides is 1. The molecule has 0 N–H and O–H groups in total. The average Bonchev–Trinajstić information content (AvgIpc) is 2.97. The van der Waals surface area contributed by atoms with E-state index in [0.29, 0.717) is 35.0 Å². The van der Waals surface area contributed by atoms with Crippen LogP contribution in [0.2, 0.25) is 0 Å². The second-order valence-corrected chi connectivity index (χ2v) is 13.1. The quantitative estimate of drug-likeness (QED) is 0.163. The van der Waals surface area contributed by atoms with Gasteiger partial charge >= 0.3 is 0 Å². The lowest BCUT2D eigenvalue weighted by Gasteiger charge is -2.29. The summed E-state index contributed by atoms with van der Waals surface area (Å²) < 4.78 is 73.6. The van der Waals surface area contributed by atoms with Gasteiger partial charge in [0.1, 0.15) is 12.4 Å². The van der Waals surface area contributed by atoms with Crippen molar-refractivity contribution in [2.75, 3.05) is 6.61 Å². The predicted octanol–water partition coefficient (Wildman–Crippen LogP) is 11.0. The molecule has 4 aromatic rings. The first-order valence-corrected chi connectivity index (χ1v) is 15.9. The van der Waals surface area contributed by atoms with Crippen molar-refractivity contribution in [2.45, 2.75) is 85.6 Å². The van der Waals surface area contributed by atoms with E-state index in [1.807, 2.05) is 19.1 Å². The van der Waals surface area contributed by atoms with Gasteiger partial charge in [-0.2, -0.15) is 4.39 Å². The third-order valence-electron chi connectivity index (χ3n) is 8.69. The maximum atomic E-state index is 14.6. The van der Waals surface area contributed by atoms with Crippen LogP contribution in [0.4, 0.5) is 17.6 Å². The van der Waals surface area contributed by atoms with Crippen LogP contribution in [-0.4, -0.2) is 12.5 Å². The van der Waals surface area contributed by atoms with E-state index in [1.54, 1.807) is 19.9 Å². The normalized spacial score (nSPS) is 16.7. The van der Waals surface area contributed by atoms with E-state index in [9.17, 15) is 17.6 Å². The highest BCUT2D eigenvalue weighted by molar-refractivity contribution is 5.69. The Morgan fingerprint density at radius 2 is 1.37 bits per heavy atom. The van der Waals surface area contributed by atoms with Crippen LogP contribution >= 0.6 is 0 Å². The Morgan fingerprint density at radius 1 is 0.696 bits per heavy atom. The number of rotatable bonds is 10. The van der Waals surface area contributed by atoms with E-state index in [-0.39, 0.29) is 24.0 Å². The first-order valence-electron chi connectivity index (χ1n) is 15.9. The Labute approximate surface area is 269 Å². The lowest BCUT2D eigenvalue weighted by molar-refractivity contribution is -0.0292. The van der Waals surface area contributed by atoms with Crippen molar-refractivity contribution in [3.8, 4) is 28.4 Å². The molecule has 0 aromatic heterocycles. The van der Waals surface area contributed by atoms with Gasteiger partial charge in [0, 0.05) is 13.8 Å². The van der Waals surface area contributed by atoms with Crippen LogP contribution < -0.4 is 14.2 Å². The Balaban J connectivity index is 1.17. The smallest absolute Gasteiger partial charge is 0.243 e. The number of aryl methyl sites for hydroxylation is 4. The summed E-state index contributed by atoms with van der Waals surface area (Å²) in [6.07, 6.45) is 3.90. The summed E-state index contributed by atoms with van der Waals surface area (Å²) in [5.74, 6) is -2.86. The molecular formula is C39H42F4O3. The summed E-state index contributed by atoms with van der Waals surface area (Å²) in [4.78, 5) is 0. The van der Waals surface area contributed by atoms with Crippen LogP contribution in [0.25, 0.3) is 11.1 Å². The monoisotopic (exact) mass is 634 g/mol. The fourth-order valence-electron chi connectivity index (χ4n) is 6.35. The number of benzene rings is 4. The minimum atomic E-state index is -1.98. The molecule has 0 atom stereocenters. The molecule has 1 saturated carbocycles. The zero-order valence-corrected chi connectivity index (χ0v) is 27.4. The van der Waals surface area contributed by atoms with Crippen LogP contribution in [0.1, 0.15) is 78.8 Å². The maximum absolute atomic E-state index is 14.6. The standard InChI is InChI=1S/C39H42F4O3/c1-23-15-33(40)38(34(41)16-23)45-21-27-7-9-29(10-8-27)30-11-13-32(24(2)18-30)31-12-14-36(25(3)19-31)44-22-28-17-26(4)37(35(42)20-28)46-39(5,6)43/h11-20,27,29H,7-10,21-22H2,1-6H3. The fraction of sp³-hybridized carbons (Fsp3) is 0.385. The molecular weight excluding hydrogens is 592 g/mol. The molecule has 7 heteroatoms. The highest BCUT2D eigenvalue weighted by Crippen LogP contribution is 2.39. The van der Waals surface area contributed by atoms with Gasteiger partial charge in [0.2, 0.25) is 5.85 Å². The molecule has 0 aliphatic heterocycles. The third-order valence-corrected chi connectivity index (χ3v) is 8.69. The SMILES string of the molecule is Cc1cc(F)c(OCC2CCC(c3ccc(-c4ccc(OCc5cc(C)c(OC(C)(C)F)c(F)c5)c(C)c4)c(C)c3)CC2)c(F)c1. The molecule has 0 radical (unpaired) electrons. The van der Waals surface area contributed by atoms with Crippen LogP contribution in [0.5, 0.6) is 17.2 Å². The molecule has 0 bridgehead atoms. The highest BCUT2D eigenvalue weighted by atomic mass is 19.2. The first-order chi connectivity index (χ1) is 21.8. The molecule has 0 saturated heterocycles. The molecule has 0 unspecified atom stereocenters. The van der Waals surface area contributed by atoms with Gasteiger partial charge in [-0.1, -0.05) is 24.3 Å². The van der Waals surface area contributed by atoms with E-state index in [2.05, 4.69) is 31.2 Å². The molecule has 0 amide bonds. The zero-order valence-electron chi connectivity index (χ0n) is 27.4. The molecule has 1 fully saturated rings. The van der Waals surface area contributed by atoms with Crippen molar-refractivity contribution in [1.82, 2.24) is 0 Å². The van der Waals surface area contributed by atoms with Crippen LogP contribution in [-0.2, 0) is 6.61 Å². The van der Waals surface area contributed by atoms with E-state index in [0.717, 1.165) is 42.4 Å². The first kappa shape index (κ1) is 33.4. The summed E-state index contributed by atoms with van der Waals surface area (Å²) in [6.45, 7) is 10.4. The Bertz CT molecular complexity index is 1650. The van der Waals surface area contributed by atoms with Gasteiger partial charge in [-0.3, -0.25) is 0 Å². The van der Waals surface area contributed by atoms with Crippen molar-refractivity contribution >= 4 is 0 Å². The van der Waals surface area contributed by atoms with Gasteiger partial charge < -0.3 is 14.2 Å². The van der Waals surface area contributed by atoms with Crippen molar-refractivity contribution in [3.05, 3.63) is 111 Å². The minimum Gasteiger partial charge on any atom is -0.489 e. The average molecular weight is 635 g/mol. The minimum absolute atomic E-state index is 0.0926. The largest absolute Gasteiger partial charge is 0.489 e. The molecule has 3 nitrogen and oxygen atoms in total. The van der Waals surface area contributed by atoms with Crippen LogP contribution in [0.15, 0.2) is 60.7 Å². The number of hydrogen-bond acceptors (Lipinski definition) is 3. The number of hydrogen-bond donors (Lipinski definition) is 0. The van der Waals surface area contributed by atoms with Crippen LogP contribution in [0.3, 0.4) is 0 Å². The molecule has 244 valence electrons. The number of halogens is 4. The van der Waals surface area contributed by atoms with Crippen molar-refractivity contribution < 1.29 is 31.8 Å². The molecule has 1 aliphatic carbocycles. The summed E-state index contributed by atoms with van der Waals surface area (Å²) >= 11 is 0. The molecule has 0 heterocycles. The lowest BCUT2D eigenvalue weighted by Crippen LogP contribution is -2.22. The second-order valence-electron chi connectivity index (χ2n) is 13.1. The van der Waals surface area contributed by atoms with Crippen LogP contribution in [0, 0.1) is 51.1 Å². The van der Waals surface area contributed by atoms with Gasteiger partial charge in [-0.05, 0) is 146 Å². The number of ether oxygens (including phenoxy) is 3. The van der Waals surface area contributed by atoms with Gasteiger partial charge in [-0.25, -0.2) is 13.2 Å². The fourth-order valence-corrected chi connectivity index (χ4v) is 6.35. The summed E-state index contributed by atoms with van der Waals surface area (Å²) in [6, 6.07) is 18.3. The van der Waals surface area contributed by atoms with Crippen molar-refractivity contribution in [1.29, 1.82) is 0 Å². The third kappa shape index (κ3) is 8.04. The Hall–Kier alpha value is -4.00. The van der Waals surface area contributed by atoms with E-state index < -0.39 is 23.3 Å². The van der Waals surface area contributed by atoms with E-state index in [4.69, 9.17) is 14.2 Å².